The van der Waals surface area contributed by atoms with Crippen molar-refractivity contribution in [1.29, 1.82) is 0 Å². The van der Waals surface area contributed by atoms with Crippen molar-refractivity contribution in [3.8, 4) is 0 Å². The molecule has 1 aromatic rings. The van der Waals surface area contributed by atoms with Crippen molar-refractivity contribution < 1.29 is 5.11 Å². The number of nitrogens with two attached hydrogens (primary N) is 1. The summed E-state index contributed by atoms with van der Waals surface area (Å²) < 4.78 is 0. The molecule has 0 spiro atoms. The molecule has 0 aliphatic heterocycles. The van der Waals surface area contributed by atoms with E-state index >= 15 is 0 Å². The van der Waals surface area contributed by atoms with Gasteiger partial charge >= 0.3 is 0 Å². The van der Waals surface area contributed by atoms with Gasteiger partial charge in [0.15, 0.2) is 0 Å². The Bertz CT molecular complexity index is 495. The minimum Gasteiger partial charge on any atom is -0.394 e. The molecule has 2 nitrogen and oxygen atoms in total. The third kappa shape index (κ3) is 5.60. The molecule has 2 atom stereocenters. The van der Waals surface area contributed by atoms with Gasteiger partial charge in [0.2, 0.25) is 0 Å². The van der Waals surface area contributed by atoms with Crippen LogP contribution in [-0.4, -0.2) is 17.3 Å². The van der Waals surface area contributed by atoms with Gasteiger partial charge in [0.05, 0.1) is 6.61 Å². The Morgan fingerprint density at radius 1 is 1.04 bits per heavy atom. The number of rotatable bonds is 9. The molecule has 0 heterocycles. The van der Waals surface area contributed by atoms with E-state index in [-0.39, 0.29) is 6.61 Å². The van der Waals surface area contributed by atoms with Gasteiger partial charge in [-0.2, -0.15) is 0 Å². The summed E-state index contributed by atoms with van der Waals surface area (Å²) in [4.78, 5) is 0. The van der Waals surface area contributed by atoms with E-state index in [1.165, 1.54) is 61.6 Å². The van der Waals surface area contributed by atoms with Gasteiger partial charge in [0, 0.05) is 5.54 Å². The first kappa shape index (κ1) is 19.5. The average Bonchev–Trinajstić information content (AvgIpc) is 2.80. The third-order valence-corrected chi connectivity index (χ3v) is 5.89. The van der Waals surface area contributed by atoms with Crippen LogP contribution in [0.25, 0.3) is 0 Å². The Morgan fingerprint density at radius 3 is 2.42 bits per heavy atom. The zero-order valence-electron chi connectivity index (χ0n) is 15.8. The molecule has 1 aliphatic carbocycles. The first-order chi connectivity index (χ1) is 11.6. The molecule has 0 fully saturated rings. The molecule has 24 heavy (non-hydrogen) atoms. The van der Waals surface area contributed by atoms with Crippen LogP contribution in [0.15, 0.2) is 18.2 Å². The summed E-state index contributed by atoms with van der Waals surface area (Å²) in [5.41, 5.74) is 10.4. The SMILES string of the molecule is CCCCCCCCc1ccc2c(c1)CC[C@@H]([C@@](C)(N)CO)CC2. The number of aliphatic hydroxyl groups is 1. The standard InChI is InChI=1S/C22H37NO/c1-3-4-5-6-7-8-9-18-10-11-19-12-14-21(22(2,23)17-24)15-13-20(19)16-18/h10-11,16,21,24H,3-9,12-15,17,23H2,1-2H3/t21-,22-/m0/s1. The summed E-state index contributed by atoms with van der Waals surface area (Å²) in [6.45, 7) is 4.35. The molecule has 136 valence electrons. The number of fused-ring (bicyclic) bond motifs is 1. The maximum Gasteiger partial charge on any atom is 0.0611 e. The van der Waals surface area contributed by atoms with Gasteiger partial charge in [-0.05, 0) is 68.1 Å². The van der Waals surface area contributed by atoms with Crippen molar-refractivity contribution in [3.63, 3.8) is 0 Å². The largest absolute Gasteiger partial charge is 0.394 e. The Labute approximate surface area is 148 Å². The number of aryl methyl sites for hydroxylation is 3. The lowest BCUT2D eigenvalue weighted by atomic mass is 9.81. The van der Waals surface area contributed by atoms with Crippen molar-refractivity contribution in [2.75, 3.05) is 6.61 Å². The van der Waals surface area contributed by atoms with Crippen LogP contribution in [0.5, 0.6) is 0 Å². The van der Waals surface area contributed by atoms with E-state index in [1.807, 2.05) is 6.92 Å². The Morgan fingerprint density at radius 2 is 1.71 bits per heavy atom. The fraction of sp³-hybridized carbons (Fsp3) is 0.727. The first-order valence-electron chi connectivity index (χ1n) is 10.1. The molecule has 2 rings (SSSR count). The minimum atomic E-state index is -0.441. The Balaban J connectivity index is 1.86. The van der Waals surface area contributed by atoms with Crippen LogP contribution in [-0.2, 0) is 19.3 Å². The monoisotopic (exact) mass is 331 g/mol. The topological polar surface area (TPSA) is 46.2 Å². The van der Waals surface area contributed by atoms with Crippen LogP contribution in [0.4, 0.5) is 0 Å². The van der Waals surface area contributed by atoms with E-state index in [9.17, 15) is 5.11 Å². The fourth-order valence-electron chi connectivity index (χ4n) is 4.01. The van der Waals surface area contributed by atoms with Crippen molar-refractivity contribution in [1.82, 2.24) is 0 Å². The smallest absolute Gasteiger partial charge is 0.0611 e. The van der Waals surface area contributed by atoms with Gasteiger partial charge in [-0.3, -0.25) is 0 Å². The molecule has 0 saturated heterocycles. The Kier molecular flexibility index (Phi) is 7.77. The molecule has 0 bridgehead atoms. The molecule has 1 aliphatic rings. The summed E-state index contributed by atoms with van der Waals surface area (Å²) in [6.07, 6.45) is 13.8. The number of unbranched alkanes of at least 4 members (excludes halogenated alkanes) is 5. The number of benzene rings is 1. The molecule has 0 unspecified atom stereocenters. The van der Waals surface area contributed by atoms with E-state index in [4.69, 9.17) is 5.73 Å². The highest BCUT2D eigenvalue weighted by Crippen LogP contribution is 2.31. The molecule has 0 saturated carbocycles. The molecule has 2 heteroatoms. The summed E-state index contributed by atoms with van der Waals surface area (Å²) in [7, 11) is 0. The molecular formula is C22H37NO. The zero-order chi connectivity index (χ0) is 17.4. The van der Waals surface area contributed by atoms with E-state index in [2.05, 4.69) is 25.1 Å². The minimum absolute atomic E-state index is 0.0806. The summed E-state index contributed by atoms with van der Waals surface area (Å²) in [6, 6.07) is 7.12. The van der Waals surface area contributed by atoms with E-state index in [1.54, 1.807) is 0 Å². The van der Waals surface area contributed by atoms with Gasteiger partial charge in [-0.1, -0.05) is 57.2 Å². The molecule has 0 amide bonds. The fourth-order valence-corrected chi connectivity index (χ4v) is 4.01. The maximum absolute atomic E-state index is 9.55. The molecule has 0 radical (unpaired) electrons. The zero-order valence-corrected chi connectivity index (χ0v) is 15.8. The van der Waals surface area contributed by atoms with Gasteiger partial charge < -0.3 is 10.8 Å². The molecular weight excluding hydrogens is 294 g/mol. The predicted octanol–water partition coefficient (Wildman–Crippen LogP) is 4.79. The maximum atomic E-state index is 9.55. The Hall–Kier alpha value is -0.860. The second-order valence-electron chi connectivity index (χ2n) is 8.06. The van der Waals surface area contributed by atoms with Crippen LogP contribution >= 0.6 is 0 Å². The molecule has 0 aromatic heterocycles. The second kappa shape index (κ2) is 9.58. The van der Waals surface area contributed by atoms with Crippen LogP contribution in [0.3, 0.4) is 0 Å². The van der Waals surface area contributed by atoms with Gasteiger partial charge in [0.1, 0.15) is 0 Å². The normalized spacial score (nSPS) is 20.2. The van der Waals surface area contributed by atoms with Crippen molar-refractivity contribution in [3.05, 3.63) is 34.9 Å². The molecule has 3 N–H and O–H groups in total. The highest BCUT2D eigenvalue weighted by molar-refractivity contribution is 5.33. The second-order valence-corrected chi connectivity index (χ2v) is 8.06. The average molecular weight is 332 g/mol. The lowest BCUT2D eigenvalue weighted by Gasteiger charge is -2.31. The predicted molar refractivity (Wildman–Crippen MR) is 103 cm³/mol. The van der Waals surface area contributed by atoms with E-state index in [0.29, 0.717) is 5.92 Å². The van der Waals surface area contributed by atoms with E-state index in [0.717, 1.165) is 25.7 Å². The van der Waals surface area contributed by atoms with Crippen molar-refractivity contribution in [2.45, 2.75) is 90.0 Å². The highest BCUT2D eigenvalue weighted by atomic mass is 16.3. The van der Waals surface area contributed by atoms with Crippen molar-refractivity contribution >= 4 is 0 Å². The quantitative estimate of drug-likeness (QED) is 0.504. The number of aliphatic hydroxyl groups excluding tert-OH is 1. The number of hydrogen-bond donors (Lipinski definition) is 2. The van der Waals surface area contributed by atoms with Gasteiger partial charge in [-0.15, -0.1) is 0 Å². The highest BCUT2D eigenvalue weighted by Gasteiger charge is 2.30. The lowest BCUT2D eigenvalue weighted by molar-refractivity contribution is 0.144. The lowest BCUT2D eigenvalue weighted by Crippen LogP contribution is -2.47. The third-order valence-electron chi connectivity index (χ3n) is 5.89. The van der Waals surface area contributed by atoms with Crippen molar-refractivity contribution in [2.24, 2.45) is 11.7 Å². The van der Waals surface area contributed by atoms with Crippen LogP contribution in [0.2, 0.25) is 0 Å². The molecule has 1 aromatic carbocycles. The van der Waals surface area contributed by atoms with Crippen LogP contribution < -0.4 is 5.73 Å². The van der Waals surface area contributed by atoms with Crippen LogP contribution in [0, 0.1) is 5.92 Å². The van der Waals surface area contributed by atoms with E-state index < -0.39 is 5.54 Å². The van der Waals surface area contributed by atoms with Crippen LogP contribution in [0.1, 0.15) is 81.9 Å². The summed E-state index contributed by atoms with van der Waals surface area (Å²) in [5.74, 6) is 0.414. The first-order valence-corrected chi connectivity index (χ1v) is 10.1. The van der Waals surface area contributed by atoms with Gasteiger partial charge in [-0.25, -0.2) is 0 Å². The summed E-state index contributed by atoms with van der Waals surface area (Å²) >= 11 is 0. The van der Waals surface area contributed by atoms with Gasteiger partial charge in [0.25, 0.3) is 0 Å². The summed E-state index contributed by atoms with van der Waals surface area (Å²) in [5, 5.41) is 9.55. The number of hydrogen-bond acceptors (Lipinski definition) is 2.